The molecule has 0 aromatic heterocycles. The molecule has 0 bridgehead atoms. The van der Waals surface area contributed by atoms with Gasteiger partial charge in [0, 0.05) is 12.6 Å². The van der Waals surface area contributed by atoms with Crippen molar-refractivity contribution in [3.05, 3.63) is 0 Å². The smallest absolute Gasteiger partial charge is 0.242 e. The highest BCUT2D eigenvalue weighted by Gasteiger charge is 2.29. The molecule has 1 heterocycles. The molecule has 5 nitrogen and oxygen atoms in total. The zero-order chi connectivity index (χ0) is 11.4. The minimum absolute atomic E-state index is 0.0198. The van der Waals surface area contributed by atoms with Crippen molar-refractivity contribution < 1.29 is 9.59 Å². The standard InChI is InChI=1S/C10H19N3O2/c1-7-3-8(2)13(6-7)10(15)5-12-9(14)4-11/h7-8H,3-6,11H2,1-2H3,(H,12,14). The van der Waals surface area contributed by atoms with Crippen molar-refractivity contribution >= 4 is 11.8 Å². The highest BCUT2D eigenvalue weighted by molar-refractivity contribution is 5.85. The molecule has 1 rings (SSSR count). The largest absolute Gasteiger partial charge is 0.346 e. The maximum absolute atomic E-state index is 11.7. The molecule has 1 aliphatic heterocycles. The van der Waals surface area contributed by atoms with Gasteiger partial charge < -0.3 is 16.0 Å². The molecular weight excluding hydrogens is 194 g/mol. The first-order valence-corrected chi connectivity index (χ1v) is 5.30. The van der Waals surface area contributed by atoms with Crippen LogP contribution in [-0.2, 0) is 9.59 Å². The van der Waals surface area contributed by atoms with Gasteiger partial charge in [-0.3, -0.25) is 9.59 Å². The molecule has 1 aliphatic rings. The molecule has 0 radical (unpaired) electrons. The summed E-state index contributed by atoms with van der Waals surface area (Å²) in [4.78, 5) is 24.4. The first-order chi connectivity index (χ1) is 7.04. The minimum Gasteiger partial charge on any atom is -0.346 e. The van der Waals surface area contributed by atoms with E-state index >= 15 is 0 Å². The summed E-state index contributed by atoms with van der Waals surface area (Å²) in [7, 11) is 0. The highest BCUT2D eigenvalue weighted by atomic mass is 16.2. The summed E-state index contributed by atoms with van der Waals surface area (Å²) in [6.45, 7) is 4.94. The maximum atomic E-state index is 11.7. The molecule has 0 saturated carbocycles. The van der Waals surface area contributed by atoms with Gasteiger partial charge in [-0.1, -0.05) is 6.92 Å². The Morgan fingerprint density at radius 1 is 1.47 bits per heavy atom. The fourth-order valence-corrected chi connectivity index (χ4v) is 2.00. The van der Waals surface area contributed by atoms with E-state index in [0.717, 1.165) is 13.0 Å². The van der Waals surface area contributed by atoms with Crippen molar-refractivity contribution in [3.63, 3.8) is 0 Å². The van der Waals surface area contributed by atoms with E-state index in [1.165, 1.54) is 0 Å². The summed E-state index contributed by atoms with van der Waals surface area (Å²) in [5, 5.41) is 2.49. The van der Waals surface area contributed by atoms with Crippen molar-refractivity contribution in [2.75, 3.05) is 19.6 Å². The number of hydrogen-bond donors (Lipinski definition) is 2. The van der Waals surface area contributed by atoms with E-state index in [1.807, 2.05) is 11.8 Å². The van der Waals surface area contributed by atoms with Gasteiger partial charge in [0.05, 0.1) is 13.1 Å². The van der Waals surface area contributed by atoms with Crippen LogP contribution in [-0.4, -0.2) is 42.4 Å². The van der Waals surface area contributed by atoms with Crippen LogP contribution in [0.2, 0.25) is 0 Å². The lowest BCUT2D eigenvalue weighted by Crippen LogP contribution is -2.43. The monoisotopic (exact) mass is 213 g/mol. The van der Waals surface area contributed by atoms with Crippen LogP contribution in [0.5, 0.6) is 0 Å². The molecule has 0 aliphatic carbocycles. The normalized spacial score (nSPS) is 25.4. The zero-order valence-corrected chi connectivity index (χ0v) is 9.32. The Bertz CT molecular complexity index is 255. The SMILES string of the molecule is CC1CC(C)N(C(=O)CNC(=O)CN)C1. The third-order valence-electron chi connectivity index (χ3n) is 2.73. The lowest BCUT2D eigenvalue weighted by Gasteiger charge is -2.21. The molecule has 86 valence electrons. The first-order valence-electron chi connectivity index (χ1n) is 5.30. The molecule has 0 aromatic rings. The Morgan fingerprint density at radius 3 is 2.60 bits per heavy atom. The van der Waals surface area contributed by atoms with Crippen LogP contribution in [0.15, 0.2) is 0 Å². The maximum Gasteiger partial charge on any atom is 0.242 e. The second kappa shape index (κ2) is 5.11. The van der Waals surface area contributed by atoms with Crippen LogP contribution in [0.4, 0.5) is 0 Å². The van der Waals surface area contributed by atoms with Gasteiger partial charge in [-0.15, -0.1) is 0 Å². The Morgan fingerprint density at radius 2 is 2.13 bits per heavy atom. The van der Waals surface area contributed by atoms with E-state index < -0.39 is 0 Å². The van der Waals surface area contributed by atoms with Gasteiger partial charge in [0.15, 0.2) is 0 Å². The Labute approximate surface area is 90.0 Å². The van der Waals surface area contributed by atoms with Crippen LogP contribution < -0.4 is 11.1 Å². The fourth-order valence-electron chi connectivity index (χ4n) is 2.00. The molecule has 0 spiro atoms. The van der Waals surface area contributed by atoms with Gasteiger partial charge in [-0.05, 0) is 19.3 Å². The van der Waals surface area contributed by atoms with Gasteiger partial charge in [0.1, 0.15) is 0 Å². The van der Waals surface area contributed by atoms with E-state index in [0.29, 0.717) is 5.92 Å². The number of amides is 2. The number of nitrogens with one attached hydrogen (secondary N) is 1. The Kier molecular flexibility index (Phi) is 4.08. The van der Waals surface area contributed by atoms with Crippen LogP contribution in [0.3, 0.4) is 0 Å². The molecule has 1 fully saturated rings. The van der Waals surface area contributed by atoms with Gasteiger partial charge in [-0.25, -0.2) is 0 Å². The summed E-state index contributed by atoms with van der Waals surface area (Å²) in [6.07, 6.45) is 1.04. The molecule has 5 heteroatoms. The molecule has 3 N–H and O–H groups in total. The number of carbonyl (C=O) groups excluding carboxylic acids is 2. The fraction of sp³-hybridized carbons (Fsp3) is 0.800. The van der Waals surface area contributed by atoms with Gasteiger partial charge in [-0.2, -0.15) is 0 Å². The predicted octanol–water partition coefficient (Wildman–Crippen LogP) is -0.682. The summed E-state index contributed by atoms with van der Waals surface area (Å²) in [5.41, 5.74) is 5.12. The third-order valence-corrected chi connectivity index (χ3v) is 2.73. The van der Waals surface area contributed by atoms with Gasteiger partial charge >= 0.3 is 0 Å². The number of nitrogens with zero attached hydrogens (tertiary/aromatic N) is 1. The van der Waals surface area contributed by atoms with Crippen LogP contribution in [0.25, 0.3) is 0 Å². The second-order valence-corrected chi connectivity index (χ2v) is 4.22. The Hall–Kier alpha value is -1.10. The van der Waals surface area contributed by atoms with Crippen molar-refractivity contribution in [3.8, 4) is 0 Å². The van der Waals surface area contributed by atoms with E-state index in [-0.39, 0.29) is 30.9 Å². The average molecular weight is 213 g/mol. The Balaban J connectivity index is 2.37. The van der Waals surface area contributed by atoms with Crippen molar-refractivity contribution in [2.24, 2.45) is 11.7 Å². The number of nitrogens with two attached hydrogens (primary N) is 1. The van der Waals surface area contributed by atoms with Crippen molar-refractivity contribution in [1.82, 2.24) is 10.2 Å². The average Bonchev–Trinajstić information content (AvgIpc) is 2.53. The van der Waals surface area contributed by atoms with Crippen molar-refractivity contribution in [2.45, 2.75) is 26.3 Å². The summed E-state index contributed by atoms with van der Waals surface area (Å²) < 4.78 is 0. The number of hydrogen-bond acceptors (Lipinski definition) is 3. The lowest BCUT2D eigenvalue weighted by atomic mass is 10.1. The van der Waals surface area contributed by atoms with E-state index in [2.05, 4.69) is 12.2 Å². The van der Waals surface area contributed by atoms with Crippen LogP contribution in [0.1, 0.15) is 20.3 Å². The number of carbonyl (C=O) groups is 2. The quantitative estimate of drug-likeness (QED) is 0.652. The predicted molar refractivity (Wildman–Crippen MR) is 57.0 cm³/mol. The van der Waals surface area contributed by atoms with E-state index in [4.69, 9.17) is 5.73 Å². The molecule has 2 amide bonds. The number of rotatable bonds is 3. The molecule has 15 heavy (non-hydrogen) atoms. The number of likely N-dealkylation sites (tertiary alicyclic amines) is 1. The lowest BCUT2D eigenvalue weighted by molar-refractivity contribution is -0.133. The molecule has 0 aromatic carbocycles. The minimum atomic E-state index is -0.289. The first kappa shape index (κ1) is 12.0. The van der Waals surface area contributed by atoms with E-state index in [9.17, 15) is 9.59 Å². The third kappa shape index (κ3) is 3.20. The molecular formula is C10H19N3O2. The van der Waals surface area contributed by atoms with Crippen LogP contribution in [0, 0.1) is 5.92 Å². The van der Waals surface area contributed by atoms with Crippen molar-refractivity contribution in [1.29, 1.82) is 0 Å². The molecule has 2 unspecified atom stereocenters. The van der Waals surface area contributed by atoms with E-state index in [1.54, 1.807) is 0 Å². The van der Waals surface area contributed by atoms with Gasteiger partial charge in [0.25, 0.3) is 0 Å². The molecule has 1 saturated heterocycles. The topological polar surface area (TPSA) is 75.4 Å². The highest BCUT2D eigenvalue weighted by Crippen LogP contribution is 2.21. The second-order valence-electron chi connectivity index (χ2n) is 4.22. The summed E-state index contributed by atoms with van der Waals surface area (Å²) in [6, 6.07) is 0.280. The van der Waals surface area contributed by atoms with Crippen LogP contribution >= 0.6 is 0 Å². The summed E-state index contributed by atoms with van der Waals surface area (Å²) >= 11 is 0. The summed E-state index contributed by atoms with van der Waals surface area (Å²) in [5.74, 6) is 0.242. The molecule has 2 atom stereocenters. The van der Waals surface area contributed by atoms with Gasteiger partial charge in [0.2, 0.25) is 11.8 Å². The zero-order valence-electron chi connectivity index (χ0n) is 9.32.